The Labute approximate surface area is 192 Å². The summed E-state index contributed by atoms with van der Waals surface area (Å²) < 4.78 is 4.93. The number of aromatic nitrogens is 2. The van der Waals surface area contributed by atoms with Gasteiger partial charge in [-0.25, -0.2) is 4.79 Å². The number of esters is 1. The zero-order chi connectivity index (χ0) is 22.8. The number of carbonyl (C=O) groups is 2. The van der Waals surface area contributed by atoms with E-state index in [0.717, 1.165) is 68.2 Å². The molecule has 33 heavy (non-hydrogen) atoms. The fraction of sp³-hybridized carbons (Fsp3) is 0.360. The van der Waals surface area contributed by atoms with Gasteiger partial charge in [0.05, 0.1) is 18.4 Å². The average Bonchev–Trinajstić information content (AvgIpc) is 2.85. The number of methoxy groups -OCH3 is 1. The van der Waals surface area contributed by atoms with Gasteiger partial charge in [-0.05, 0) is 80.3 Å². The molecule has 0 unspecified atom stereocenters. The van der Waals surface area contributed by atoms with Crippen LogP contribution in [0.2, 0.25) is 0 Å². The van der Waals surface area contributed by atoms with Gasteiger partial charge in [-0.3, -0.25) is 4.79 Å². The zero-order valence-electron chi connectivity index (χ0n) is 18.7. The first-order chi connectivity index (χ1) is 16.1. The van der Waals surface area contributed by atoms with Crippen LogP contribution in [0.5, 0.6) is 0 Å². The summed E-state index contributed by atoms with van der Waals surface area (Å²) in [6.45, 7) is 0. The van der Waals surface area contributed by atoms with Gasteiger partial charge in [-0.1, -0.05) is 6.08 Å². The van der Waals surface area contributed by atoms with Gasteiger partial charge in [0.2, 0.25) is 0 Å². The number of carbonyl (C=O) groups excluding carboxylic acids is 2. The van der Waals surface area contributed by atoms with E-state index in [1.54, 1.807) is 12.1 Å². The van der Waals surface area contributed by atoms with Gasteiger partial charge in [0.15, 0.2) is 11.5 Å². The van der Waals surface area contributed by atoms with Crippen LogP contribution >= 0.6 is 0 Å². The number of hydrogen-bond acceptors (Lipinski definition) is 7. The summed E-state index contributed by atoms with van der Waals surface area (Å²) in [7, 11) is 1.34. The number of amides is 1. The molecule has 2 aliphatic heterocycles. The first kappa shape index (κ1) is 21.2. The highest BCUT2D eigenvalue weighted by atomic mass is 16.5. The van der Waals surface area contributed by atoms with Crippen molar-refractivity contribution in [1.82, 2.24) is 15.5 Å². The standard InChI is InChI=1S/C25H27N5O3/c1-33-25(32)18-13-15-5-2-3-6-16(15)14-22(18)28-24(31)21-11-12-23(30-29-21)27-20-10-9-17-7-4-8-19(20)26-17/h9,11-14,26H,2-8,10H2,1H3,(H,27,30)(H,28,31). The molecule has 0 radical (unpaired) electrons. The second-order valence-corrected chi connectivity index (χ2v) is 8.62. The molecule has 3 heterocycles. The van der Waals surface area contributed by atoms with Crippen molar-refractivity contribution in [3.63, 3.8) is 0 Å². The van der Waals surface area contributed by atoms with E-state index < -0.39 is 11.9 Å². The lowest BCUT2D eigenvalue weighted by Gasteiger charge is -2.27. The van der Waals surface area contributed by atoms with E-state index in [-0.39, 0.29) is 5.69 Å². The van der Waals surface area contributed by atoms with Crippen molar-refractivity contribution in [1.29, 1.82) is 0 Å². The molecule has 0 spiro atoms. The molecule has 3 aliphatic rings. The van der Waals surface area contributed by atoms with E-state index in [2.05, 4.69) is 32.2 Å². The van der Waals surface area contributed by atoms with Crippen molar-refractivity contribution in [2.45, 2.75) is 51.4 Å². The number of dihydropyridines is 1. The van der Waals surface area contributed by atoms with Crippen LogP contribution < -0.4 is 16.0 Å². The number of allylic oxidation sites excluding steroid dienone is 3. The summed E-state index contributed by atoms with van der Waals surface area (Å²) in [5, 5.41) is 17.9. The van der Waals surface area contributed by atoms with Crippen LogP contribution in [0.4, 0.5) is 11.5 Å². The Hall–Kier alpha value is -3.68. The molecule has 0 atom stereocenters. The van der Waals surface area contributed by atoms with Crippen LogP contribution in [0, 0.1) is 0 Å². The minimum absolute atomic E-state index is 0.174. The van der Waals surface area contributed by atoms with E-state index in [1.165, 1.54) is 18.5 Å². The highest BCUT2D eigenvalue weighted by Crippen LogP contribution is 2.30. The largest absolute Gasteiger partial charge is 0.465 e. The predicted octanol–water partition coefficient (Wildman–Crippen LogP) is 4.08. The maximum Gasteiger partial charge on any atom is 0.339 e. The molecule has 1 aliphatic carbocycles. The number of piperidine rings is 1. The number of aryl methyl sites for hydroxylation is 2. The fourth-order valence-electron chi connectivity index (χ4n) is 4.66. The SMILES string of the molecule is COC(=O)c1cc2c(cc1NC(=O)c1ccc(NC3=C4CCCC(=CC3)N4)nn1)CCCC2. The van der Waals surface area contributed by atoms with E-state index in [9.17, 15) is 9.59 Å². The Balaban J connectivity index is 1.32. The number of nitrogens with zero attached hydrogens (tertiary/aromatic N) is 2. The highest BCUT2D eigenvalue weighted by molar-refractivity contribution is 6.07. The average molecular weight is 446 g/mol. The quantitative estimate of drug-likeness (QED) is 0.596. The van der Waals surface area contributed by atoms with Gasteiger partial charge >= 0.3 is 5.97 Å². The van der Waals surface area contributed by atoms with E-state index in [1.807, 2.05) is 12.1 Å². The molecule has 2 bridgehead atoms. The van der Waals surface area contributed by atoms with Gasteiger partial charge in [-0.2, -0.15) is 0 Å². The van der Waals surface area contributed by atoms with Crippen molar-refractivity contribution in [3.05, 3.63) is 69.8 Å². The van der Waals surface area contributed by atoms with Crippen molar-refractivity contribution >= 4 is 23.4 Å². The molecule has 2 aromatic rings. The number of rotatable bonds is 5. The number of fused-ring (bicyclic) bond motifs is 3. The number of ether oxygens (including phenoxy) is 1. The lowest BCUT2D eigenvalue weighted by Crippen LogP contribution is -2.25. The minimum atomic E-state index is -0.472. The third-order valence-electron chi connectivity index (χ3n) is 6.41. The summed E-state index contributed by atoms with van der Waals surface area (Å²) in [6.07, 6.45) is 10.3. The first-order valence-electron chi connectivity index (χ1n) is 11.4. The molecule has 8 nitrogen and oxygen atoms in total. The molecule has 1 aromatic heterocycles. The maximum absolute atomic E-state index is 12.9. The van der Waals surface area contributed by atoms with Gasteiger partial charge in [-0.15, -0.1) is 10.2 Å². The van der Waals surface area contributed by atoms with E-state index in [0.29, 0.717) is 17.1 Å². The molecule has 1 saturated heterocycles. The smallest absolute Gasteiger partial charge is 0.339 e. The third-order valence-corrected chi connectivity index (χ3v) is 6.41. The molecule has 3 N–H and O–H groups in total. The predicted molar refractivity (Wildman–Crippen MR) is 125 cm³/mol. The highest BCUT2D eigenvalue weighted by Gasteiger charge is 2.21. The molecule has 1 aromatic carbocycles. The Morgan fingerprint density at radius 2 is 1.82 bits per heavy atom. The second-order valence-electron chi connectivity index (χ2n) is 8.62. The van der Waals surface area contributed by atoms with Crippen LogP contribution in [0.15, 0.2) is 47.4 Å². The van der Waals surface area contributed by atoms with Crippen molar-refractivity contribution in [3.8, 4) is 0 Å². The van der Waals surface area contributed by atoms with Gasteiger partial charge in [0.25, 0.3) is 5.91 Å². The van der Waals surface area contributed by atoms with E-state index in [4.69, 9.17) is 4.74 Å². The van der Waals surface area contributed by atoms with E-state index >= 15 is 0 Å². The van der Waals surface area contributed by atoms with Crippen LogP contribution in [-0.2, 0) is 17.6 Å². The number of anilines is 2. The topological polar surface area (TPSA) is 105 Å². The minimum Gasteiger partial charge on any atom is -0.465 e. The van der Waals surface area contributed by atoms with Gasteiger partial charge in [0, 0.05) is 23.5 Å². The monoisotopic (exact) mass is 445 g/mol. The third kappa shape index (κ3) is 4.46. The Morgan fingerprint density at radius 1 is 1.00 bits per heavy atom. The number of hydrogen-bond donors (Lipinski definition) is 3. The Bertz CT molecular complexity index is 1170. The molecule has 8 heteroatoms. The van der Waals surface area contributed by atoms with Crippen LogP contribution in [0.1, 0.15) is 70.5 Å². The van der Waals surface area contributed by atoms with Crippen LogP contribution in [-0.4, -0.2) is 29.2 Å². The Morgan fingerprint density at radius 3 is 2.58 bits per heavy atom. The van der Waals surface area contributed by atoms with Gasteiger partial charge < -0.3 is 20.7 Å². The summed E-state index contributed by atoms with van der Waals surface area (Å²) in [4.78, 5) is 25.2. The molecular formula is C25H27N5O3. The number of nitrogens with one attached hydrogen (secondary N) is 3. The molecule has 5 rings (SSSR count). The van der Waals surface area contributed by atoms with Crippen LogP contribution in [0.3, 0.4) is 0 Å². The summed E-state index contributed by atoms with van der Waals surface area (Å²) in [5.41, 5.74) is 6.84. The lowest BCUT2D eigenvalue weighted by molar-refractivity contribution is 0.0601. The second kappa shape index (κ2) is 9.05. The van der Waals surface area contributed by atoms with Crippen molar-refractivity contribution in [2.75, 3.05) is 17.7 Å². The summed E-state index contributed by atoms with van der Waals surface area (Å²) in [6, 6.07) is 7.10. The molecule has 1 fully saturated rings. The Kier molecular flexibility index (Phi) is 5.81. The normalized spacial score (nSPS) is 16.8. The molecule has 0 saturated carbocycles. The fourth-order valence-corrected chi connectivity index (χ4v) is 4.66. The lowest BCUT2D eigenvalue weighted by atomic mass is 9.89. The maximum atomic E-state index is 12.9. The molecule has 1 amide bonds. The number of benzene rings is 1. The molecule has 170 valence electrons. The van der Waals surface area contributed by atoms with Crippen molar-refractivity contribution < 1.29 is 14.3 Å². The zero-order valence-corrected chi connectivity index (χ0v) is 18.7. The van der Waals surface area contributed by atoms with Gasteiger partial charge in [0.1, 0.15) is 0 Å². The van der Waals surface area contributed by atoms with Crippen molar-refractivity contribution in [2.24, 2.45) is 0 Å². The molecular weight excluding hydrogens is 418 g/mol. The first-order valence-corrected chi connectivity index (χ1v) is 11.4. The summed E-state index contributed by atoms with van der Waals surface area (Å²) >= 11 is 0. The van der Waals surface area contributed by atoms with Crippen LogP contribution in [0.25, 0.3) is 0 Å². The summed E-state index contributed by atoms with van der Waals surface area (Å²) in [5.74, 6) is -0.307.